The van der Waals surface area contributed by atoms with E-state index in [1.54, 1.807) is 0 Å². The summed E-state index contributed by atoms with van der Waals surface area (Å²) in [6, 6.07) is 39.3. The van der Waals surface area contributed by atoms with Gasteiger partial charge in [0.25, 0.3) is 0 Å². The Hall–Kier alpha value is -4.76. The predicted octanol–water partition coefficient (Wildman–Crippen LogP) is 7.27. The number of carbonyl (C=O) groups excluding carboxylic acids is 1. The molecule has 0 amide bonds. The van der Waals surface area contributed by atoms with Crippen molar-refractivity contribution in [2.24, 2.45) is 0 Å². The lowest BCUT2D eigenvalue weighted by Crippen LogP contribution is -2.14. The summed E-state index contributed by atoms with van der Waals surface area (Å²) < 4.78 is 2.09. The molecule has 5 aromatic carbocycles. The molecule has 6 rings (SSSR count). The number of carbonyl (C=O) groups is 1. The Morgan fingerprint density at radius 2 is 1.30 bits per heavy atom. The standard InChI is InChI=1S/C34H25NO2/c1-23-12-8-9-17-27(23)33(36)29-22-32-30(21-25(29)20-24-13-4-2-5-14-24)34(37)28-18-10-11-19-31(28)35(32)26-15-6-3-7-16-26/h2-19,21-22H,20H2,1H3. The summed E-state index contributed by atoms with van der Waals surface area (Å²) in [5.74, 6) is -0.0360. The van der Waals surface area contributed by atoms with Crippen molar-refractivity contribution in [3.05, 3.63) is 159 Å². The average Bonchev–Trinajstić information content (AvgIpc) is 2.94. The first-order valence-electron chi connectivity index (χ1n) is 12.4. The van der Waals surface area contributed by atoms with Gasteiger partial charge >= 0.3 is 0 Å². The van der Waals surface area contributed by atoms with E-state index in [-0.39, 0.29) is 11.2 Å². The molecule has 0 radical (unpaired) electrons. The van der Waals surface area contributed by atoms with Crippen molar-refractivity contribution < 1.29 is 4.79 Å². The summed E-state index contributed by atoms with van der Waals surface area (Å²) in [6.07, 6.45) is 0.557. The fourth-order valence-electron chi connectivity index (χ4n) is 5.14. The number of hydrogen-bond donors (Lipinski definition) is 0. The highest BCUT2D eigenvalue weighted by molar-refractivity contribution is 6.13. The summed E-state index contributed by atoms with van der Waals surface area (Å²) >= 11 is 0. The van der Waals surface area contributed by atoms with Crippen LogP contribution < -0.4 is 5.43 Å². The van der Waals surface area contributed by atoms with Crippen LogP contribution in [0.1, 0.15) is 32.6 Å². The third-order valence-corrected chi connectivity index (χ3v) is 6.98. The second-order valence-electron chi connectivity index (χ2n) is 9.35. The summed E-state index contributed by atoms with van der Waals surface area (Å²) in [6.45, 7) is 1.96. The van der Waals surface area contributed by atoms with E-state index in [1.807, 2.05) is 116 Å². The van der Waals surface area contributed by atoms with Crippen LogP contribution in [-0.4, -0.2) is 10.4 Å². The number of hydrogen-bond acceptors (Lipinski definition) is 2. The van der Waals surface area contributed by atoms with E-state index in [0.717, 1.165) is 33.4 Å². The fourth-order valence-corrected chi connectivity index (χ4v) is 5.14. The van der Waals surface area contributed by atoms with Gasteiger partial charge in [-0.05, 0) is 66.4 Å². The highest BCUT2D eigenvalue weighted by atomic mass is 16.1. The normalized spacial score (nSPS) is 11.2. The van der Waals surface area contributed by atoms with Crippen molar-refractivity contribution >= 4 is 27.6 Å². The molecule has 0 fully saturated rings. The molecule has 0 N–H and O–H groups in total. The maximum absolute atomic E-state index is 14.0. The van der Waals surface area contributed by atoms with E-state index in [9.17, 15) is 9.59 Å². The van der Waals surface area contributed by atoms with Gasteiger partial charge in [0, 0.05) is 27.6 Å². The predicted molar refractivity (Wildman–Crippen MR) is 151 cm³/mol. The molecule has 0 saturated heterocycles. The fraction of sp³-hybridized carbons (Fsp3) is 0.0588. The quantitative estimate of drug-likeness (QED) is 0.193. The molecular formula is C34H25NO2. The summed E-state index contributed by atoms with van der Waals surface area (Å²) in [5.41, 5.74) is 6.60. The zero-order valence-electron chi connectivity index (χ0n) is 20.5. The van der Waals surface area contributed by atoms with Crippen molar-refractivity contribution in [1.29, 1.82) is 0 Å². The Bertz CT molecular complexity index is 1830. The Balaban J connectivity index is 1.72. The number of ketones is 1. The van der Waals surface area contributed by atoms with Gasteiger partial charge in [0.2, 0.25) is 0 Å². The Morgan fingerprint density at radius 3 is 2.05 bits per heavy atom. The summed E-state index contributed by atoms with van der Waals surface area (Å²) in [5, 5.41) is 1.26. The average molecular weight is 480 g/mol. The second-order valence-corrected chi connectivity index (χ2v) is 9.35. The second kappa shape index (κ2) is 9.36. The number of pyridine rings is 1. The van der Waals surface area contributed by atoms with Crippen LogP contribution in [0.2, 0.25) is 0 Å². The topological polar surface area (TPSA) is 39.1 Å². The van der Waals surface area contributed by atoms with Crippen LogP contribution in [0.25, 0.3) is 27.5 Å². The van der Waals surface area contributed by atoms with Gasteiger partial charge in [0.15, 0.2) is 11.2 Å². The van der Waals surface area contributed by atoms with E-state index in [2.05, 4.69) is 16.7 Å². The summed E-state index contributed by atoms with van der Waals surface area (Å²) in [4.78, 5) is 27.8. The first-order chi connectivity index (χ1) is 18.1. The lowest BCUT2D eigenvalue weighted by molar-refractivity contribution is 0.103. The minimum Gasteiger partial charge on any atom is -0.309 e. The number of aryl methyl sites for hydroxylation is 1. The molecule has 0 saturated carbocycles. The monoisotopic (exact) mass is 479 g/mol. The van der Waals surface area contributed by atoms with Gasteiger partial charge in [-0.3, -0.25) is 9.59 Å². The number of aromatic nitrogens is 1. The summed E-state index contributed by atoms with van der Waals surface area (Å²) in [7, 11) is 0. The molecule has 0 bridgehead atoms. The highest BCUT2D eigenvalue weighted by Gasteiger charge is 2.20. The molecule has 0 aliphatic carbocycles. The van der Waals surface area contributed by atoms with Crippen molar-refractivity contribution in [2.75, 3.05) is 0 Å². The van der Waals surface area contributed by atoms with Crippen molar-refractivity contribution in [1.82, 2.24) is 4.57 Å². The molecule has 6 aromatic rings. The molecule has 0 atom stereocenters. The van der Waals surface area contributed by atoms with E-state index in [0.29, 0.717) is 28.3 Å². The zero-order valence-corrected chi connectivity index (χ0v) is 20.5. The van der Waals surface area contributed by atoms with Crippen LogP contribution in [0.5, 0.6) is 0 Å². The molecule has 0 aliphatic heterocycles. The first kappa shape index (κ1) is 22.7. The highest BCUT2D eigenvalue weighted by Crippen LogP contribution is 2.29. The Morgan fingerprint density at radius 1 is 0.649 bits per heavy atom. The zero-order chi connectivity index (χ0) is 25.4. The van der Waals surface area contributed by atoms with Gasteiger partial charge in [0.1, 0.15) is 0 Å². The van der Waals surface area contributed by atoms with E-state index >= 15 is 0 Å². The lowest BCUT2D eigenvalue weighted by atomic mass is 9.90. The Labute approximate surface area is 215 Å². The molecule has 1 heterocycles. The van der Waals surface area contributed by atoms with E-state index in [1.165, 1.54) is 0 Å². The van der Waals surface area contributed by atoms with Gasteiger partial charge in [0.05, 0.1) is 11.0 Å². The van der Waals surface area contributed by atoms with Crippen LogP contribution in [-0.2, 0) is 6.42 Å². The van der Waals surface area contributed by atoms with Gasteiger partial charge < -0.3 is 4.57 Å². The van der Waals surface area contributed by atoms with Crippen LogP contribution in [0, 0.1) is 6.92 Å². The molecule has 0 aliphatic rings. The molecule has 0 unspecified atom stereocenters. The molecule has 37 heavy (non-hydrogen) atoms. The van der Waals surface area contributed by atoms with Crippen LogP contribution in [0.4, 0.5) is 0 Å². The minimum atomic E-state index is -0.0360. The SMILES string of the molecule is Cc1ccccc1C(=O)c1cc2c(cc1Cc1ccccc1)c(=O)c1ccccc1n2-c1ccccc1. The molecular weight excluding hydrogens is 454 g/mol. The van der Waals surface area contributed by atoms with Gasteiger partial charge in [-0.1, -0.05) is 84.9 Å². The van der Waals surface area contributed by atoms with Gasteiger partial charge in [-0.25, -0.2) is 0 Å². The first-order valence-corrected chi connectivity index (χ1v) is 12.4. The van der Waals surface area contributed by atoms with Crippen molar-refractivity contribution in [3.63, 3.8) is 0 Å². The minimum absolute atomic E-state index is 0.0259. The largest absolute Gasteiger partial charge is 0.309 e. The molecule has 1 aromatic heterocycles. The molecule has 3 nitrogen and oxygen atoms in total. The smallest absolute Gasteiger partial charge is 0.197 e. The van der Waals surface area contributed by atoms with Crippen molar-refractivity contribution in [3.8, 4) is 5.69 Å². The van der Waals surface area contributed by atoms with Crippen LogP contribution in [0.15, 0.2) is 126 Å². The number of nitrogens with zero attached hydrogens (tertiary/aromatic N) is 1. The third-order valence-electron chi connectivity index (χ3n) is 6.98. The number of benzene rings is 5. The third kappa shape index (κ3) is 4.05. The van der Waals surface area contributed by atoms with E-state index < -0.39 is 0 Å². The maximum Gasteiger partial charge on any atom is 0.197 e. The van der Waals surface area contributed by atoms with Gasteiger partial charge in [-0.15, -0.1) is 0 Å². The van der Waals surface area contributed by atoms with Gasteiger partial charge in [-0.2, -0.15) is 0 Å². The van der Waals surface area contributed by atoms with Crippen LogP contribution in [0.3, 0.4) is 0 Å². The molecule has 3 heteroatoms. The lowest BCUT2D eigenvalue weighted by Gasteiger charge is -2.18. The van der Waals surface area contributed by atoms with Crippen molar-refractivity contribution in [2.45, 2.75) is 13.3 Å². The Kier molecular flexibility index (Phi) is 5.74. The molecule has 0 spiro atoms. The number of rotatable bonds is 5. The van der Waals surface area contributed by atoms with E-state index in [4.69, 9.17) is 0 Å². The maximum atomic E-state index is 14.0. The molecule has 178 valence electrons. The number of para-hydroxylation sites is 2. The van der Waals surface area contributed by atoms with Crippen LogP contribution >= 0.6 is 0 Å². The number of fused-ring (bicyclic) bond motifs is 2.